The Morgan fingerprint density at radius 1 is 1.10 bits per heavy atom. The van der Waals surface area contributed by atoms with Crippen LogP contribution in [0.15, 0.2) is 55.1 Å². The van der Waals surface area contributed by atoms with Crippen LogP contribution in [0.1, 0.15) is 47.3 Å². The number of rotatable bonds is 7. The summed E-state index contributed by atoms with van der Waals surface area (Å²) in [6, 6.07) is 10.5. The monoisotopic (exact) mass is 388 g/mol. The van der Waals surface area contributed by atoms with Gasteiger partial charge in [0.25, 0.3) is 0 Å². The van der Waals surface area contributed by atoms with Crippen molar-refractivity contribution in [1.82, 2.24) is 19.4 Å². The molecule has 0 atom stereocenters. The van der Waals surface area contributed by atoms with Crippen LogP contribution < -0.4 is 0 Å². The minimum atomic E-state index is 0.166. The Labute approximate surface area is 172 Å². The van der Waals surface area contributed by atoms with E-state index in [4.69, 9.17) is 0 Å². The Morgan fingerprint density at radius 3 is 2.62 bits per heavy atom. The quantitative estimate of drug-likeness (QED) is 0.607. The fourth-order valence-electron chi connectivity index (χ4n) is 3.79. The standard InChI is InChI=1S/C24H28N4O/c1-18-6-7-19(2)22(14-18)16-27-13-12-26-23(27)17-28(24(29)21-4-3-5-21)15-20-8-10-25-11-9-20/h6-14,21H,3-5,15-17H2,1-2H3. The number of hydrogen-bond donors (Lipinski definition) is 0. The molecule has 4 rings (SSSR count). The number of amides is 1. The lowest BCUT2D eigenvalue weighted by atomic mass is 9.84. The van der Waals surface area contributed by atoms with Gasteiger partial charge in [-0.2, -0.15) is 0 Å². The summed E-state index contributed by atoms with van der Waals surface area (Å²) in [6.45, 7) is 6.14. The number of benzene rings is 1. The van der Waals surface area contributed by atoms with Crippen LogP contribution in [0, 0.1) is 19.8 Å². The molecule has 1 aliphatic rings. The summed E-state index contributed by atoms with van der Waals surface area (Å²) in [7, 11) is 0. The van der Waals surface area contributed by atoms with Crippen molar-refractivity contribution < 1.29 is 4.79 Å². The number of carbonyl (C=O) groups is 1. The zero-order chi connectivity index (χ0) is 20.2. The summed E-state index contributed by atoms with van der Waals surface area (Å²) in [6.07, 6.45) is 10.6. The molecule has 0 aliphatic heterocycles. The number of carbonyl (C=O) groups excluding carboxylic acids is 1. The molecular weight excluding hydrogens is 360 g/mol. The van der Waals surface area contributed by atoms with Gasteiger partial charge in [-0.05, 0) is 55.5 Å². The highest BCUT2D eigenvalue weighted by Gasteiger charge is 2.30. The van der Waals surface area contributed by atoms with Crippen LogP contribution in [0.4, 0.5) is 0 Å². The Balaban J connectivity index is 1.55. The first-order chi connectivity index (χ1) is 14.1. The number of aromatic nitrogens is 3. The molecule has 0 unspecified atom stereocenters. The van der Waals surface area contributed by atoms with Crippen molar-refractivity contribution in [3.63, 3.8) is 0 Å². The largest absolute Gasteiger partial charge is 0.331 e. The molecule has 3 aromatic rings. The SMILES string of the molecule is Cc1ccc(C)c(Cn2ccnc2CN(Cc2ccncc2)C(=O)C2CCC2)c1. The highest BCUT2D eigenvalue weighted by molar-refractivity contribution is 5.79. The lowest BCUT2D eigenvalue weighted by molar-refractivity contribution is -0.139. The van der Waals surface area contributed by atoms with Gasteiger partial charge in [-0.3, -0.25) is 9.78 Å². The van der Waals surface area contributed by atoms with Gasteiger partial charge in [-0.15, -0.1) is 0 Å². The molecule has 0 radical (unpaired) electrons. The molecule has 2 heterocycles. The smallest absolute Gasteiger partial charge is 0.226 e. The Hall–Kier alpha value is -2.95. The first-order valence-electron chi connectivity index (χ1n) is 10.3. The number of hydrogen-bond acceptors (Lipinski definition) is 3. The second kappa shape index (κ2) is 8.60. The van der Waals surface area contributed by atoms with Crippen molar-refractivity contribution in [3.05, 3.63) is 83.2 Å². The third kappa shape index (κ3) is 4.56. The first-order valence-corrected chi connectivity index (χ1v) is 10.3. The van der Waals surface area contributed by atoms with Gasteiger partial charge in [0.1, 0.15) is 5.82 Å². The molecule has 5 nitrogen and oxygen atoms in total. The number of nitrogens with zero attached hydrogens (tertiary/aromatic N) is 4. The van der Waals surface area contributed by atoms with Gasteiger partial charge in [-0.25, -0.2) is 4.98 Å². The zero-order valence-electron chi connectivity index (χ0n) is 17.2. The fraction of sp³-hybridized carbons (Fsp3) is 0.375. The maximum Gasteiger partial charge on any atom is 0.226 e. The van der Waals surface area contributed by atoms with Crippen LogP contribution in [0.25, 0.3) is 0 Å². The van der Waals surface area contributed by atoms with Crippen molar-refractivity contribution in [3.8, 4) is 0 Å². The van der Waals surface area contributed by atoms with Crippen molar-refractivity contribution in [2.75, 3.05) is 0 Å². The maximum atomic E-state index is 13.1. The fourth-order valence-corrected chi connectivity index (χ4v) is 3.79. The number of imidazole rings is 1. The van der Waals surface area contributed by atoms with E-state index >= 15 is 0 Å². The highest BCUT2D eigenvalue weighted by atomic mass is 16.2. The Kier molecular flexibility index (Phi) is 5.74. The Bertz CT molecular complexity index is 976. The van der Waals surface area contributed by atoms with Crippen molar-refractivity contribution in [2.45, 2.75) is 52.7 Å². The van der Waals surface area contributed by atoms with Crippen LogP contribution in [-0.4, -0.2) is 25.3 Å². The van der Waals surface area contributed by atoms with Crippen LogP contribution in [0.5, 0.6) is 0 Å². The van der Waals surface area contributed by atoms with E-state index in [1.165, 1.54) is 16.7 Å². The third-order valence-electron chi connectivity index (χ3n) is 5.87. The highest BCUT2D eigenvalue weighted by Crippen LogP contribution is 2.29. The molecule has 0 N–H and O–H groups in total. The third-order valence-corrected chi connectivity index (χ3v) is 5.87. The molecule has 1 amide bonds. The molecule has 1 aromatic carbocycles. The molecule has 0 saturated heterocycles. The van der Waals surface area contributed by atoms with E-state index in [1.54, 1.807) is 12.4 Å². The van der Waals surface area contributed by atoms with E-state index in [2.05, 4.69) is 46.6 Å². The average molecular weight is 389 g/mol. The van der Waals surface area contributed by atoms with Crippen LogP contribution in [-0.2, 0) is 24.4 Å². The summed E-state index contributed by atoms with van der Waals surface area (Å²) in [5.74, 6) is 1.33. The van der Waals surface area contributed by atoms with Crippen LogP contribution in [0.3, 0.4) is 0 Å². The van der Waals surface area contributed by atoms with Gasteiger partial charge >= 0.3 is 0 Å². The summed E-state index contributed by atoms with van der Waals surface area (Å²) < 4.78 is 2.16. The molecule has 1 saturated carbocycles. The van der Waals surface area contributed by atoms with E-state index in [0.717, 1.165) is 37.2 Å². The minimum Gasteiger partial charge on any atom is -0.331 e. The lowest BCUT2D eigenvalue weighted by Crippen LogP contribution is -2.38. The van der Waals surface area contributed by atoms with Gasteiger partial charge in [0.05, 0.1) is 6.54 Å². The molecule has 1 aliphatic carbocycles. The van der Waals surface area contributed by atoms with Crippen molar-refractivity contribution in [1.29, 1.82) is 0 Å². The second-order valence-electron chi connectivity index (χ2n) is 8.08. The van der Waals surface area contributed by atoms with Gasteiger partial charge in [0.2, 0.25) is 5.91 Å². The predicted molar refractivity (Wildman–Crippen MR) is 113 cm³/mol. The molecule has 29 heavy (non-hydrogen) atoms. The van der Waals surface area contributed by atoms with E-state index in [-0.39, 0.29) is 11.8 Å². The molecule has 5 heteroatoms. The van der Waals surface area contributed by atoms with Gasteiger partial charge < -0.3 is 9.47 Å². The summed E-state index contributed by atoms with van der Waals surface area (Å²) in [5, 5.41) is 0. The van der Waals surface area contributed by atoms with E-state index < -0.39 is 0 Å². The predicted octanol–water partition coefficient (Wildman–Crippen LogP) is 4.27. The topological polar surface area (TPSA) is 51.0 Å². The molecule has 0 spiro atoms. The van der Waals surface area contributed by atoms with Crippen LogP contribution >= 0.6 is 0 Å². The van der Waals surface area contributed by atoms with E-state index in [1.807, 2.05) is 29.4 Å². The average Bonchev–Trinajstić information content (AvgIpc) is 3.10. The molecule has 2 aromatic heterocycles. The summed E-state index contributed by atoms with van der Waals surface area (Å²) >= 11 is 0. The first kappa shape index (κ1) is 19.4. The summed E-state index contributed by atoms with van der Waals surface area (Å²) in [5.41, 5.74) is 4.91. The molecule has 0 bridgehead atoms. The van der Waals surface area contributed by atoms with Crippen molar-refractivity contribution in [2.24, 2.45) is 5.92 Å². The molecular formula is C24H28N4O. The number of pyridine rings is 1. The van der Waals surface area contributed by atoms with Gasteiger partial charge in [0.15, 0.2) is 0 Å². The normalized spacial score (nSPS) is 13.9. The van der Waals surface area contributed by atoms with Crippen LogP contribution in [0.2, 0.25) is 0 Å². The summed E-state index contributed by atoms with van der Waals surface area (Å²) in [4.78, 5) is 23.7. The molecule has 150 valence electrons. The van der Waals surface area contributed by atoms with Crippen molar-refractivity contribution >= 4 is 5.91 Å². The zero-order valence-corrected chi connectivity index (χ0v) is 17.2. The molecule has 1 fully saturated rings. The number of aryl methyl sites for hydroxylation is 2. The minimum absolute atomic E-state index is 0.166. The maximum absolute atomic E-state index is 13.1. The van der Waals surface area contributed by atoms with E-state index in [9.17, 15) is 4.79 Å². The van der Waals surface area contributed by atoms with Gasteiger partial charge in [0, 0.05) is 43.8 Å². The second-order valence-corrected chi connectivity index (χ2v) is 8.08. The Morgan fingerprint density at radius 2 is 1.90 bits per heavy atom. The lowest BCUT2D eigenvalue weighted by Gasteiger charge is -2.31. The van der Waals surface area contributed by atoms with E-state index in [0.29, 0.717) is 13.1 Å². The van der Waals surface area contributed by atoms with Gasteiger partial charge in [-0.1, -0.05) is 30.2 Å².